The Hall–Kier alpha value is -3.15. The van der Waals surface area contributed by atoms with Crippen molar-refractivity contribution in [2.45, 2.75) is 19.5 Å². The lowest BCUT2D eigenvalue weighted by Gasteiger charge is -2.28. The van der Waals surface area contributed by atoms with Crippen molar-refractivity contribution in [1.29, 1.82) is 0 Å². The predicted molar refractivity (Wildman–Crippen MR) is 100 cm³/mol. The fourth-order valence-corrected chi connectivity index (χ4v) is 3.50. The number of anilines is 1. The summed E-state index contributed by atoms with van der Waals surface area (Å²) in [6.45, 7) is 3.53. The summed E-state index contributed by atoms with van der Waals surface area (Å²) in [7, 11) is 2.08. The Morgan fingerprint density at radius 2 is 1.73 bits per heavy atom. The number of amides is 1. The number of likely N-dealkylation sites (N-methyl/N-ethyl adjacent to an activating group) is 1. The fourth-order valence-electron chi connectivity index (χ4n) is 3.50. The van der Waals surface area contributed by atoms with E-state index in [4.69, 9.17) is 0 Å². The minimum atomic E-state index is 0.0536. The molecule has 0 saturated heterocycles. The Balaban J connectivity index is 1.61. The molecule has 1 aliphatic heterocycles. The number of nitrogens with zero attached hydrogens (tertiary/aromatic N) is 5. The lowest BCUT2D eigenvalue weighted by molar-refractivity contribution is 0.0687. The molecular weight excluding hydrogens is 326 g/mol. The molecule has 1 amide bonds. The van der Waals surface area contributed by atoms with E-state index in [1.807, 2.05) is 45.9 Å². The van der Waals surface area contributed by atoms with E-state index in [-0.39, 0.29) is 11.9 Å². The summed E-state index contributed by atoms with van der Waals surface area (Å²) in [5.74, 6) is 0.0536. The molecule has 6 nitrogen and oxygen atoms in total. The number of benzene rings is 2. The van der Waals surface area contributed by atoms with E-state index in [2.05, 4.69) is 41.2 Å². The monoisotopic (exact) mass is 347 g/mol. The van der Waals surface area contributed by atoms with Gasteiger partial charge in [0, 0.05) is 43.1 Å². The molecule has 1 atom stereocenters. The van der Waals surface area contributed by atoms with Crippen LogP contribution in [0, 0.1) is 0 Å². The van der Waals surface area contributed by atoms with Crippen LogP contribution in [-0.4, -0.2) is 45.2 Å². The zero-order chi connectivity index (χ0) is 18.1. The molecule has 4 rings (SSSR count). The quantitative estimate of drug-likeness (QED) is 0.715. The lowest BCUT2D eigenvalue weighted by atomic mass is 10.1. The van der Waals surface area contributed by atoms with Crippen LogP contribution in [0.4, 0.5) is 5.69 Å². The summed E-state index contributed by atoms with van der Waals surface area (Å²) in [5.41, 5.74) is 3.99. The third kappa shape index (κ3) is 2.94. The second-order valence-corrected chi connectivity index (χ2v) is 6.71. The Kier molecular flexibility index (Phi) is 4.16. The zero-order valence-corrected chi connectivity index (χ0v) is 14.9. The van der Waals surface area contributed by atoms with Crippen molar-refractivity contribution >= 4 is 11.6 Å². The van der Waals surface area contributed by atoms with E-state index in [9.17, 15) is 4.79 Å². The fraction of sp³-hybridized carbons (Fsp3) is 0.250. The van der Waals surface area contributed by atoms with Crippen LogP contribution in [-0.2, 0) is 6.54 Å². The molecule has 0 aliphatic carbocycles. The Labute approximate surface area is 152 Å². The Morgan fingerprint density at radius 1 is 1.04 bits per heavy atom. The normalized spacial score (nSPS) is 16.9. The van der Waals surface area contributed by atoms with E-state index in [0.29, 0.717) is 12.1 Å². The molecule has 1 aromatic heterocycles. The first-order valence-corrected chi connectivity index (χ1v) is 8.68. The van der Waals surface area contributed by atoms with Crippen molar-refractivity contribution in [2.24, 2.45) is 0 Å². The smallest absolute Gasteiger partial charge is 0.254 e. The highest BCUT2D eigenvalue weighted by Crippen LogP contribution is 2.27. The highest BCUT2D eigenvalue weighted by atomic mass is 16.2. The molecule has 0 radical (unpaired) electrons. The van der Waals surface area contributed by atoms with Crippen molar-refractivity contribution in [3.05, 3.63) is 72.3 Å². The Bertz CT molecular complexity index is 904. The molecule has 2 heterocycles. The van der Waals surface area contributed by atoms with E-state index in [0.717, 1.165) is 12.2 Å². The van der Waals surface area contributed by atoms with Crippen LogP contribution in [0.25, 0.3) is 5.69 Å². The van der Waals surface area contributed by atoms with E-state index < -0.39 is 0 Å². The van der Waals surface area contributed by atoms with Crippen LogP contribution in [0.2, 0.25) is 0 Å². The summed E-state index contributed by atoms with van der Waals surface area (Å²) in [6.07, 6.45) is 3.28. The van der Waals surface area contributed by atoms with Crippen LogP contribution in [0.15, 0.2) is 61.2 Å². The molecule has 132 valence electrons. The second-order valence-electron chi connectivity index (χ2n) is 6.71. The van der Waals surface area contributed by atoms with Crippen LogP contribution in [0.5, 0.6) is 0 Å². The number of para-hydroxylation sites is 1. The summed E-state index contributed by atoms with van der Waals surface area (Å²) in [4.78, 5) is 17.3. The molecule has 0 spiro atoms. The van der Waals surface area contributed by atoms with Gasteiger partial charge in [0.2, 0.25) is 0 Å². The van der Waals surface area contributed by atoms with Gasteiger partial charge in [-0.3, -0.25) is 9.36 Å². The van der Waals surface area contributed by atoms with Gasteiger partial charge in [-0.15, -0.1) is 10.2 Å². The molecule has 0 saturated carbocycles. The minimum absolute atomic E-state index is 0.0536. The maximum Gasteiger partial charge on any atom is 0.254 e. The first-order valence-electron chi connectivity index (χ1n) is 8.68. The van der Waals surface area contributed by atoms with Gasteiger partial charge in [-0.1, -0.05) is 18.2 Å². The van der Waals surface area contributed by atoms with Crippen LogP contribution in [0.1, 0.15) is 22.8 Å². The van der Waals surface area contributed by atoms with Gasteiger partial charge in [0.05, 0.1) is 0 Å². The highest BCUT2D eigenvalue weighted by molar-refractivity contribution is 5.94. The number of hydrogen-bond acceptors (Lipinski definition) is 4. The van der Waals surface area contributed by atoms with Crippen LogP contribution >= 0.6 is 0 Å². The first-order chi connectivity index (χ1) is 12.6. The largest absolute Gasteiger partial charge is 0.372 e. The van der Waals surface area contributed by atoms with Gasteiger partial charge in [-0.2, -0.15) is 0 Å². The van der Waals surface area contributed by atoms with E-state index in [1.54, 1.807) is 12.7 Å². The van der Waals surface area contributed by atoms with Crippen molar-refractivity contribution < 1.29 is 4.79 Å². The van der Waals surface area contributed by atoms with Crippen molar-refractivity contribution in [3.8, 4) is 5.69 Å². The summed E-state index contributed by atoms with van der Waals surface area (Å²) >= 11 is 0. The SMILES string of the molecule is CC1CN(C)c2ccccc2CN1C(=O)c1ccc(-n2cnnc2)cc1. The van der Waals surface area contributed by atoms with Gasteiger partial charge in [-0.25, -0.2) is 0 Å². The van der Waals surface area contributed by atoms with Gasteiger partial charge in [0.15, 0.2) is 0 Å². The topological polar surface area (TPSA) is 54.3 Å². The van der Waals surface area contributed by atoms with Crippen molar-refractivity contribution in [1.82, 2.24) is 19.7 Å². The highest BCUT2D eigenvalue weighted by Gasteiger charge is 2.27. The number of fused-ring (bicyclic) bond motifs is 1. The maximum absolute atomic E-state index is 13.2. The molecular formula is C20H21N5O. The molecule has 0 N–H and O–H groups in total. The molecule has 0 fully saturated rings. The van der Waals surface area contributed by atoms with Gasteiger partial charge < -0.3 is 9.80 Å². The molecule has 1 aliphatic rings. The number of carbonyl (C=O) groups excluding carboxylic acids is 1. The molecule has 6 heteroatoms. The summed E-state index contributed by atoms with van der Waals surface area (Å²) in [5, 5.41) is 7.62. The average molecular weight is 347 g/mol. The third-order valence-electron chi connectivity index (χ3n) is 4.91. The van der Waals surface area contributed by atoms with Gasteiger partial charge in [0.25, 0.3) is 5.91 Å². The maximum atomic E-state index is 13.2. The van der Waals surface area contributed by atoms with E-state index in [1.165, 1.54) is 11.3 Å². The first kappa shape index (κ1) is 16.3. The van der Waals surface area contributed by atoms with E-state index >= 15 is 0 Å². The van der Waals surface area contributed by atoms with Gasteiger partial charge in [0.1, 0.15) is 12.7 Å². The average Bonchev–Trinajstić information content (AvgIpc) is 3.16. The third-order valence-corrected chi connectivity index (χ3v) is 4.91. The number of carbonyl (C=O) groups is 1. The summed E-state index contributed by atoms with van der Waals surface area (Å²) < 4.78 is 1.81. The van der Waals surface area contributed by atoms with Crippen molar-refractivity contribution in [3.63, 3.8) is 0 Å². The molecule has 2 aromatic carbocycles. The molecule has 3 aromatic rings. The zero-order valence-electron chi connectivity index (χ0n) is 14.9. The molecule has 1 unspecified atom stereocenters. The Morgan fingerprint density at radius 3 is 2.46 bits per heavy atom. The van der Waals surface area contributed by atoms with Gasteiger partial charge in [-0.05, 0) is 42.8 Å². The number of hydrogen-bond donors (Lipinski definition) is 0. The van der Waals surface area contributed by atoms with Crippen LogP contribution in [0.3, 0.4) is 0 Å². The van der Waals surface area contributed by atoms with Gasteiger partial charge >= 0.3 is 0 Å². The lowest BCUT2D eigenvalue weighted by Crippen LogP contribution is -2.41. The van der Waals surface area contributed by atoms with Crippen LogP contribution < -0.4 is 4.90 Å². The molecule has 26 heavy (non-hydrogen) atoms. The standard InChI is InChI=1S/C20H21N5O/c1-15-11-23(2)19-6-4-3-5-17(19)12-25(15)20(26)16-7-9-18(10-8-16)24-13-21-22-14-24/h3-10,13-15H,11-12H2,1-2H3. The number of rotatable bonds is 2. The second kappa shape index (κ2) is 6.63. The summed E-state index contributed by atoms with van der Waals surface area (Å²) in [6, 6.07) is 16.0. The molecule has 0 bridgehead atoms. The number of aromatic nitrogens is 3. The minimum Gasteiger partial charge on any atom is -0.372 e. The van der Waals surface area contributed by atoms with Crippen molar-refractivity contribution in [2.75, 3.05) is 18.5 Å². The predicted octanol–water partition coefficient (Wildman–Crippen LogP) is 2.75.